The lowest BCUT2D eigenvalue weighted by Gasteiger charge is -2.29. The highest BCUT2D eigenvalue weighted by molar-refractivity contribution is 7.16. The summed E-state index contributed by atoms with van der Waals surface area (Å²) in [6.45, 7) is 0.561. The molecule has 4 heteroatoms. The van der Waals surface area contributed by atoms with Gasteiger partial charge in [-0.2, -0.15) is 0 Å². The van der Waals surface area contributed by atoms with Gasteiger partial charge in [-0.25, -0.2) is 0 Å². The standard InChI is InChI=1S/C11H11ClO2S/c12-9-6-7-8(15-9)2-1-3-11(7)4-5-14-10(11)13/h6H,1-5H2. The Morgan fingerprint density at radius 3 is 3.07 bits per heavy atom. The topological polar surface area (TPSA) is 26.3 Å². The fourth-order valence-corrected chi connectivity index (χ4v) is 4.11. The van der Waals surface area contributed by atoms with Crippen molar-refractivity contribution in [3.05, 3.63) is 20.8 Å². The first-order chi connectivity index (χ1) is 7.22. The Morgan fingerprint density at radius 1 is 1.47 bits per heavy atom. The van der Waals surface area contributed by atoms with E-state index in [-0.39, 0.29) is 11.4 Å². The second-order valence-electron chi connectivity index (χ2n) is 4.21. The lowest BCUT2D eigenvalue weighted by molar-refractivity contribution is -0.143. The van der Waals surface area contributed by atoms with Crippen molar-refractivity contribution < 1.29 is 9.53 Å². The Balaban J connectivity index is 2.16. The third-order valence-electron chi connectivity index (χ3n) is 3.45. The molecule has 0 amide bonds. The van der Waals surface area contributed by atoms with Crippen LogP contribution >= 0.6 is 22.9 Å². The van der Waals surface area contributed by atoms with Crippen molar-refractivity contribution in [1.82, 2.24) is 0 Å². The molecule has 0 radical (unpaired) electrons. The fraction of sp³-hybridized carbons (Fsp3) is 0.545. The highest BCUT2D eigenvalue weighted by Crippen LogP contribution is 2.47. The number of halogens is 1. The summed E-state index contributed by atoms with van der Waals surface area (Å²) in [5, 5.41) is 0. The van der Waals surface area contributed by atoms with Crippen LogP contribution in [-0.4, -0.2) is 12.6 Å². The highest BCUT2D eigenvalue weighted by Gasteiger charge is 2.49. The molecule has 1 aromatic rings. The molecule has 1 aliphatic heterocycles. The molecule has 1 saturated heterocycles. The van der Waals surface area contributed by atoms with Gasteiger partial charge in [0.15, 0.2) is 0 Å². The maximum atomic E-state index is 11.9. The molecule has 2 nitrogen and oxygen atoms in total. The van der Waals surface area contributed by atoms with Crippen LogP contribution in [0.1, 0.15) is 29.7 Å². The number of fused-ring (bicyclic) bond motifs is 2. The van der Waals surface area contributed by atoms with Crippen molar-refractivity contribution in [2.24, 2.45) is 0 Å². The molecule has 0 saturated carbocycles. The van der Waals surface area contributed by atoms with Crippen molar-refractivity contribution in [3.8, 4) is 0 Å². The average molecular weight is 243 g/mol. The van der Waals surface area contributed by atoms with E-state index in [9.17, 15) is 4.79 Å². The van der Waals surface area contributed by atoms with Crippen LogP contribution in [0.25, 0.3) is 0 Å². The molecule has 1 fully saturated rings. The first-order valence-electron chi connectivity index (χ1n) is 5.18. The van der Waals surface area contributed by atoms with Crippen LogP contribution in [0.2, 0.25) is 4.34 Å². The maximum Gasteiger partial charge on any atom is 0.316 e. The van der Waals surface area contributed by atoms with E-state index in [4.69, 9.17) is 16.3 Å². The monoisotopic (exact) mass is 242 g/mol. The molecule has 1 atom stereocenters. The summed E-state index contributed by atoms with van der Waals surface area (Å²) in [5.41, 5.74) is 0.795. The zero-order valence-corrected chi connectivity index (χ0v) is 9.79. The molecule has 2 heterocycles. The third kappa shape index (κ3) is 1.26. The number of aryl methyl sites for hydroxylation is 1. The SMILES string of the molecule is O=C1OCCC12CCCc1sc(Cl)cc12. The molecule has 3 rings (SSSR count). The fourth-order valence-electron chi connectivity index (χ4n) is 2.70. The summed E-state index contributed by atoms with van der Waals surface area (Å²) in [4.78, 5) is 13.1. The summed E-state index contributed by atoms with van der Waals surface area (Å²) in [5.74, 6) is -0.0436. The smallest absolute Gasteiger partial charge is 0.316 e. The van der Waals surface area contributed by atoms with Gasteiger partial charge in [0.05, 0.1) is 16.4 Å². The van der Waals surface area contributed by atoms with Crippen molar-refractivity contribution in [3.63, 3.8) is 0 Å². The number of hydrogen-bond donors (Lipinski definition) is 0. The second-order valence-corrected chi connectivity index (χ2v) is 5.98. The van der Waals surface area contributed by atoms with Gasteiger partial charge in [-0.15, -0.1) is 11.3 Å². The van der Waals surface area contributed by atoms with Crippen LogP contribution in [0.5, 0.6) is 0 Å². The predicted octanol–water partition coefficient (Wildman–Crippen LogP) is 2.92. The minimum Gasteiger partial charge on any atom is -0.465 e. The number of hydrogen-bond acceptors (Lipinski definition) is 3. The van der Waals surface area contributed by atoms with E-state index >= 15 is 0 Å². The van der Waals surface area contributed by atoms with Crippen LogP contribution < -0.4 is 0 Å². The van der Waals surface area contributed by atoms with Crippen LogP contribution in [0, 0.1) is 0 Å². The summed E-state index contributed by atoms with van der Waals surface area (Å²) in [6, 6.07) is 1.97. The molecular weight excluding hydrogens is 232 g/mol. The Morgan fingerprint density at radius 2 is 2.33 bits per heavy atom. The Kier molecular flexibility index (Phi) is 2.08. The van der Waals surface area contributed by atoms with E-state index in [1.165, 1.54) is 4.88 Å². The van der Waals surface area contributed by atoms with Crippen LogP contribution in [0.15, 0.2) is 6.07 Å². The number of esters is 1. The van der Waals surface area contributed by atoms with E-state index in [2.05, 4.69) is 0 Å². The Labute approximate surface area is 97.2 Å². The lowest BCUT2D eigenvalue weighted by atomic mass is 9.72. The van der Waals surface area contributed by atoms with Crippen LogP contribution in [0.4, 0.5) is 0 Å². The number of thiophene rings is 1. The van der Waals surface area contributed by atoms with Gasteiger partial charge in [-0.3, -0.25) is 4.79 Å². The molecule has 1 unspecified atom stereocenters. The van der Waals surface area contributed by atoms with Crippen molar-refractivity contribution in [2.75, 3.05) is 6.61 Å². The van der Waals surface area contributed by atoms with Gasteiger partial charge in [-0.1, -0.05) is 11.6 Å². The van der Waals surface area contributed by atoms with Gasteiger partial charge in [-0.05, 0) is 30.9 Å². The van der Waals surface area contributed by atoms with E-state index in [1.807, 2.05) is 6.07 Å². The number of cyclic esters (lactones) is 1. The lowest BCUT2D eigenvalue weighted by Crippen LogP contribution is -2.34. The number of rotatable bonds is 0. The van der Waals surface area contributed by atoms with Crippen LogP contribution in [-0.2, 0) is 21.4 Å². The van der Waals surface area contributed by atoms with Crippen molar-refractivity contribution in [2.45, 2.75) is 31.1 Å². The third-order valence-corrected chi connectivity index (χ3v) is 4.78. The highest BCUT2D eigenvalue weighted by atomic mass is 35.5. The van der Waals surface area contributed by atoms with Gasteiger partial charge >= 0.3 is 5.97 Å². The van der Waals surface area contributed by atoms with Gasteiger partial charge < -0.3 is 4.74 Å². The Bertz CT molecular complexity index is 426. The zero-order chi connectivity index (χ0) is 10.5. The minimum absolute atomic E-state index is 0.0436. The molecule has 0 N–H and O–H groups in total. The normalized spacial score (nSPS) is 29.3. The molecule has 0 bridgehead atoms. The summed E-state index contributed by atoms with van der Waals surface area (Å²) < 4.78 is 5.93. The molecule has 2 aliphatic rings. The quantitative estimate of drug-likeness (QED) is 0.654. The average Bonchev–Trinajstić information content (AvgIpc) is 2.73. The largest absolute Gasteiger partial charge is 0.465 e. The molecular formula is C11H11ClO2S. The van der Waals surface area contributed by atoms with E-state index in [1.54, 1.807) is 11.3 Å². The van der Waals surface area contributed by atoms with Crippen LogP contribution in [0.3, 0.4) is 0 Å². The summed E-state index contributed by atoms with van der Waals surface area (Å²) in [6.07, 6.45) is 3.87. The molecule has 1 aromatic heterocycles. The molecule has 1 spiro atoms. The van der Waals surface area contributed by atoms with E-state index < -0.39 is 0 Å². The zero-order valence-electron chi connectivity index (χ0n) is 8.22. The first kappa shape index (κ1) is 9.67. The minimum atomic E-state index is -0.350. The van der Waals surface area contributed by atoms with Gasteiger partial charge in [0.2, 0.25) is 0 Å². The molecule has 0 aromatic carbocycles. The predicted molar refractivity (Wildman–Crippen MR) is 59.5 cm³/mol. The molecule has 80 valence electrons. The number of carbonyl (C=O) groups is 1. The van der Waals surface area contributed by atoms with Crippen molar-refractivity contribution in [1.29, 1.82) is 0 Å². The summed E-state index contributed by atoms with van der Waals surface area (Å²) >= 11 is 7.64. The van der Waals surface area contributed by atoms with Gasteiger partial charge in [0.1, 0.15) is 0 Å². The second kappa shape index (κ2) is 3.22. The first-order valence-corrected chi connectivity index (χ1v) is 6.38. The van der Waals surface area contributed by atoms with Gasteiger partial charge in [0.25, 0.3) is 0 Å². The molecule has 1 aliphatic carbocycles. The van der Waals surface area contributed by atoms with Gasteiger partial charge in [0, 0.05) is 11.3 Å². The number of ether oxygens (including phenoxy) is 1. The molecule has 15 heavy (non-hydrogen) atoms. The van der Waals surface area contributed by atoms with E-state index in [0.717, 1.165) is 35.6 Å². The maximum absolute atomic E-state index is 11.9. The van der Waals surface area contributed by atoms with E-state index in [0.29, 0.717) is 6.61 Å². The summed E-state index contributed by atoms with van der Waals surface area (Å²) in [7, 11) is 0. The van der Waals surface area contributed by atoms with Crippen molar-refractivity contribution >= 4 is 28.9 Å². The Hall–Kier alpha value is -0.540. The number of carbonyl (C=O) groups excluding carboxylic acids is 1.